The van der Waals surface area contributed by atoms with Gasteiger partial charge in [-0.1, -0.05) is 13.8 Å². The van der Waals surface area contributed by atoms with Gasteiger partial charge in [-0.25, -0.2) is 4.98 Å². The van der Waals surface area contributed by atoms with E-state index >= 15 is 0 Å². The number of aryl methyl sites for hydroxylation is 1. The Balaban J connectivity index is 2.44. The van der Waals surface area contributed by atoms with Gasteiger partial charge in [0.15, 0.2) is 0 Å². The van der Waals surface area contributed by atoms with Crippen molar-refractivity contribution in [2.24, 2.45) is 5.92 Å². The van der Waals surface area contributed by atoms with E-state index in [1.165, 1.54) is 5.69 Å². The highest BCUT2D eigenvalue weighted by Gasteiger charge is 2.02. The smallest absolute Gasteiger partial charge is 0.106 e. The van der Waals surface area contributed by atoms with Crippen LogP contribution >= 0.6 is 0 Å². The van der Waals surface area contributed by atoms with Crippen LogP contribution in [0.25, 0.3) is 0 Å². The summed E-state index contributed by atoms with van der Waals surface area (Å²) in [5, 5.41) is 8.64. The summed E-state index contributed by atoms with van der Waals surface area (Å²) in [4.78, 5) is 7.50. The van der Waals surface area contributed by atoms with Crippen LogP contribution in [0.3, 0.4) is 0 Å². The summed E-state index contributed by atoms with van der Waals surface area (Å²) in [5.74, 6) is 1.65. The van der Waals surface area contributed by atoms with Gasteiger partial charge in [-0.15, -0.1) is 0 Å². The maximum atomic E-state index is 8.64. The fraction of sp³-hybridized carbons (Fsp3) is 0.700. The minimum Gasteiger partial charge on any atom is -0.396 e. The molecule has 0 aliphatic rings. The summed E-state index contributed by atoms with van der Waals surface area (Å²) in [5.41, 5.74) is 1.20. The molecule has 0 amide bonds. The molecule has 0 radical (unpaired) electrons. The number of H-pyrrole nitrogens is 1. The largest absolute Gasteiger partial charge is 0.396 e. The number of imidazole rings is 1. The van der Waals surface area contributed by atoms with E-state index in [-0.39, 0.29) is 6.61 Å². The Kier molecular flexibility index (Phi) is 3.96. The minimum absolute atomic E-state index is 0.236. The molecule has 0 unspecified atom stereocenters. The van der Waals surface area contributed by atoms with E-state index < -0.39 is 0 Å². The van der Waals surface area contributed by atoms with Gasteiger partial charge in [0.05, 0.1) is 0 Å². The first kappa shape index (κ1) is 10.3. The van der Waals surface area contributed by atoms with E-state index in [1.54, 1.807) is 0 Å². The number of aliphatic hydroxyl groups excluding tert-OH is 1. The van der Waals surface area contributed by atoms with Crippen LogP contribution in [-0.4, -0.2) is 21.7 Å². The molecule has 74 valence electrons. The van der Waals surface area contributed by atoms with Crippen molar-refractivity contribution in [3.05, 3.63) is 17.7 Å². The summed E-state index contributed by atoms with van der Waals surface area (Å²) in [6.07, 6.45) is 4.57. The first-order valence-electron chi connectivity index (χ1n) is 4.86. The van der Waals surface area contributed by atoms with E-state index in [1.807, 2.05) is 6.20 Å². The molecule has 0 aliphatic carbocycles. The second kappa shape index (κ2) is 5.02. The number of aromatic amines is 1. The SMILES string of the molecule is CC(C)Cc1cnc(CCCO)[nH]1. The highest BCUT2D eigenvalue weighted by Crippen LogP contribution is 2.06. The normalized spacial score (nSPS) is 11.1. The third-order valence-corrected chi connectivity index (χ3v) is 1.88. The number of hydrogen-bond donors (Lipinski definition) is 2. The first-order chi connectivity index (χ1) is 6.22. The molecule has 0 saturated carbocycles. The molecule has 0 spiro atoms. The van der Waals surface area contributed by atoms with Gasteiger partial charge in [-0.05, 0) is 18.8 Å². The van der Waals surface area contributed by atoms with Gasteiger partial charge < -0.3 is 10.1 Å². The van der Waals surface area contributed by atoms with Crippen molar-refractivity contribution in [1.82, 2.24) is 9.97 Å². The third-order valence-electron chi connectivity index (χ3n) is 1.88. The summed E-state index contributed by atoms with van der Waals surface area (Å²) < 4.78 is 0. The first-order valence-corrected chi connectivity index (χ1v) is 4.86. The molecular formula is C10H18N2O. The number of aromatic nitrogens is 2. The predicted molar refractivity (Wildman–Crippen MR) is 52.5 cm³/mol. The molecule has 0 atom stereocenters. The van der Waals surface area contributed by atoms with Crippen molar-refractivity contribution in [2.75, 3.05) is 6.61 Å². The lowest BCUT2D eigenvalue weighted by atomic mass is 10.1. The van der Waals surface area contributed by atoms with E-state index in [9.17, 15) is 0 Å². The second-order valence-electron chi connectivity index (χ2n) is 3.78. The van der Waals surface area contributed by atoms with Crippen LogP contribution < -0.4 is 0 Å². The van der Waals surface area contributed by atoms with E-state index in [0.29, 0.717) is 5.92 Å². The highest BCUT2D eigenvalue weighted by molar-refractivity contribution is 5.01. The molecule has 0 fully saturated rings. The molecule has 2 N–H and O–H groups in total. The molecule has 0 bridgehead atoms. The topological polar surface area (TPSA) is 48.9 Å². The summed E-state index contributed by atoms with van der Waals surface area (Å²) >= 11 is 0. The number of hydrogen-bond acceptors (Lipinski definition) is 2. The number of rotatable bonds is 5. The molecular weight excluding hydrogens is 164 g/mol. The summed E-state index contributed by atoms with van der Waals surface area (Å²) in [6.45, 7) is 4.61. The average molecular weight is 182 g/mol. The van der Waals surface area contributed by atoms with Gasteiger partial charge in [-0.3, -0.25) is 0 Å². The molecule has 3 heteroatoms. The highest BCUT2D eigenvalue weighted by atomic mass is 16.2. The Morgan fingerprint density at radius 1 is 1.54 bits per heavy atom. The van der Waals surface area contributed by atoms with Crippen LogP contribution in [0.4, 0.5) is 0 Å². The molecule has 0 saturated heterocycles. The third kappa shape index (κ3) is 3.59. The van der Waals surface area contributed by atoms with Crippen molar-refractivity contribution in [3.8, 4) is 0 Å². The van der Waals surface area contributed by atoms with Crippen LogP contribution in [0.15, 0.2) is 6.20 Å². The average Bonchev–Trinajstić information content (AvgIpc) is 2.48. The predicted octanol–water partition coefficient (Wildman–Crippen LogP) is 1.53. The van der Waals surface area contributed by atoms with Crippen molar-refractivity contribution >= 4 is 0 Å². The maximum Gasteiger partial charge on any atom is 0.106 e. The number of nitrogens with zero attached hydrogens (tertiary/aromatic N) is 1. The Morgan fingerprint density at radius 2 is 2.31 bits per heavy atom. The van der Waals surface area contributed by atoms with Crippen LogP contribution in [0.1, 0.15) is 31.8 Å². The fourth-order valence-corrected chi connectivity index (χ4v) is 1.32. The van der Waals surface area contributed by atoms with Crippen molar-refractivity contribution in [1.29, 1.82) is 0 Å². The lowest BCUT2D eigenvalue weighted by Gasteiger charge is -1.99. The zero-order valence-corrected chi connectivity index (χ0v) is 8.38. The minimum atomic E-state index is 0.236. The lowest BCUT2D eigenvalue weighted by Crippen LogP contribution is -1.95. The van der Waals surface area contributed by atoms with Crippen LogP contribution in [0, 0.1) is 5.92 Å². The van der Waals surface area contributed by atoms with Crippen molar-refractivity contribution in [2.45, 2.75) is 33.1 Å². The standard InChI is InChI=1S/C10H18N2O/c1-8(2)6-9-7-11-10(12-9)4-3-5-13/h7-8,13H,3-6H2,1-2H3,(H,11,12). The zero-order valence-electron chi connectivity index (χ0n) is 8.38. The summed E-state index contributed by atoms with van der Waals surface area (Å²) in [7, 11) is 0. The van der Waals surface area contributed by atoms with Gasteiger partial charge in [0.2, 0.25) is 0 Å². The monoisotopic (exact) mass is 182 g/mol. The van der Waals surface area contributed by atoms with Gasteiger partial charge in [-0.2, -0.15) is 0 Å². The van der Waals surface area contributed by atoms with E-state index in [0.717, 1.165) is 25.1 Å². The Labute approximate surface area is 79.2 Å². The van der Waals surface area contributed by atoms with Gasteiger partial charge in [0, 0.05) is 24.9 Å². The van der Waals surface area contributed by atoms with Crippen molar-refractivity contribution in [3.63, 3.8) is 0 Å². The zero-order chi connectivity index (χ0) is 9.68. The Morgan fingerprint density at radius 3 is 2.92 bits per heavy atom. The van der Waals surface area contributed by atoms with Gasteiger partial charge in [0.25, 0.3) is 0 Å². The van der Waals surface area contributed by atoms with Gasteiger partial charge in [0.1, 0.15) is 5.82 Å². The molecule has 1 heterocycles. The van der Waals surface area contributed by atoms with Crippen LogP contribution in [0.5, 0.6) is 0 Å². The van der Waals surface area contributed by atoms with E-state index in [2.05, 4.69) is 23.8 Å². The molecule has 3 nitrogen and oxygen atoms in total. The maximum absolute atomic E-state index is 8.64. The van der Waals surface area contributed by atoms with Crippen LogP contribution in [0.2, 0.25) is 0 Å². The quantitative estimate of drug-likeness (QED) is 0.725. The van der Waals surface area contributed by atoms with Gasteiger partial charge >= 0.3 is 0 Å². The molecule has 0 aromatic carbocycles. The molecule has 1 rings (SSSR count). The fourth-order valence-electron chi connectivity index (χ4n) is 1.32. The number of nitrogens with one attached hydrogen (secondary N) is 1. The lowest BCUT2D eigenvalue weighted by molar-refractivity contribution is 0.287. The van der Waals surface area contributed by atoms with E-state index in [4.69, 9.17) is 5.11 Å². The summed E-state index contributed by atoms with van der Waals surface area (Å²) in [6, 6.07) is 0. The van der Waals surface area contributed by atoms with Crippen LogP contribution in [-0.2, 0) is 12.8 Å². The molecule has 1 aromatic rings. The molecule has 0 aliphatic heterocycles. The molecule has 1 aromatic heterocycles. The Bertz CT molecular complexity index is 243. The number of aliphatic hydroxyl groups is 1. The Hall–Kier alpha value is -0.830. The van der Waals surface area contributed by atoms with Crippen molar-refractivity contribution < 1.29 is 5.11 Å². The molecule has 13 heavy (non-hydrogen) atoms. The second-order valence-corrected chi connectivity index (χ2v) is 3.78.